The number of halogens is 2. The number of amides is 2. The summed E-state index contributed by atoms with van der Waals surface area (Å²) in [5.74, 6) is -0.802. The van der Waals surface area contributed by atoms with Gasteiger partial charge in [0.05, 0.1) is 17.3 Å². The van der Waals surface area contributed by atoms with Crippen LogP contribution in [0.3, 0.4) is 0 Å². The Bertz CT molecular complexity index is 807. The highest BCUT2D eigenvalue weighted by Crippen LogP contribution is 2.20. The van der Waals surface area contributed by atoms with Gasteiger partial charge in [0.15, 0.2) is 5.78 Å². The molecular formula is C19H18Cl2N2O3. The van der Waals surface area contributed by atoms with Gasteiger partial charge >= 0.3 is 0 Å². The molecule has 0 bridgehead atoms. The number of rotatable bonds is 7. The van der Waals surface area contributed by atoms with Crippen molar-refractivity contribution in [1.82, 2.24) is 4.90 Å². The first-order valence-corrected chi connectivity index (χ1v) is 8.69. The first-order chi connectivity index (χ1) is 12.4. The fourth-order valence-electron chi connectivity index (χ4n) is 2.25. The monoisotopic (exact) mass is 392 g/mol. The molecule has 26 heavy (non-hydrogen) atoms. The van der Waals surface area contributed by atoms with Crippen molar-refractivity contribution in [3.8, 4) is 0 Å². The Morgan fingerprint density at radius 3 is 2.27 bits per heavy atom. The van der Waals surface area contributed by atoms with E-state index in [2.05, 4.69) is 5.32 Å². The first-order valence-electron chi connectivity index (χ1n) is 7.94. The molecule has 136 valence electrons. The van der Waals surface area contributed by atoms with Gasteiger partial charge in [0.2, 0.25) is 11.8 Å². The Balaban J connectivity index is 1.81. The van der Waals surface area contributed by atoms with E-state index in [1.807, 2.05) is 0 Å². The van der Waals surface area contributed by atoms with Gasteiger partial charge < -0.3 is 10.2 Å². The normalized spacial score (nSPS) is 10.3. The number of hydrogen-bond acceptors (Lipinski definition) is 3. The zero-order valence-electron chi connectivity index (χ0n) is 14.2. The zero-order chi connectivity index (χ0) is 19.1. The Labute approximate surface area is 161 Å². The maximum absolute atomic E-state index is 12.1. The molecule has 0 heterocycles. The van der Waals surface area contributed by atoms with E-state index in [4.69, 9.17) is 23.2 Å². The number of likely N-dealkylation sites (N-methyl/N-ethyl adjacent to an activating group) is 1. The minimum atomic E-state index is -0.363. The standard InChI is InChI=1S/C19H18Cl2N2O3/c1-23(12-18(25)22-16-5-3-2-4-15(16)21)19(26)11-10-17(24)13-6-8-14(20)9-7-13/h2-9H,10-12H2,1H3,(H,22,25). The van der Waals surface area contributed by atoms with Crippen molar-refractivity contribution < 1.29 is 14.4 Å². The lowest BCUT2D eigenvalue weighted by Gasteiger charge is -2.17. The average Bonchev–Trinajstić information content (AvgIpc) is 2.61. The number of ketones is 1. The van der Waals surface area contributed by atoms with E-state index in [9.17, 15) is 14.4 Å². The van der Waals surface area contributed by atoms with E-state index < -0.39 is 0 Å². The minimum Gasteiger partial charge on any atom is -0.336 e. The minimum absolute atomic E-state index is 0.0251. The summed E-state index contributed by atoms with van der Waals surface area (Å²) in [6.07, 6.45) is 0.0915. The summed E-state index contributed by atoms with van der Waals surface area (Å²) in [6.45, 7) is -0.126. The highest BCUT2D eigenvalue weighted by molar-refractivity contribution is 6.33. The van der Waals surface area contributed by atoms with E-state index >= 15 is 0 Å². The van der Waals surface area contributed by atoms with Crippen molar-refractivity contribution in [2.75, 3.05) is 18.9 Å². The van der Waals surface area contributed by atoms with Gasteiger partial charge in [0.1, 0.15) is 0 Å². The Morgan fingerprint density at radius 1 is 0.962 bits per heavy atom. The second-order valence-electron chi connectivity index (χ2n) is 5.71. The molecule has 0 saturated heterocycles. The number of Topliss-reactive ketones (excluding diaryl/α,β-unsaturated/α-hetero) is 1. The fraction of sp³-hybridized carbons (Fsp3) is 0.211. The Hall–Kier alpha value is -2.37. The van der Waals surface area contributed by atoms with Gasteiger partial charge in [0.25, 0.3) is 0 Å². The largest absolute Gasteiger partial charge is 0.336 e. The molecule has 2 aromatic rings. The van der Waals surface area contributed by atoms with Crippen LogP contribution in [0.4, 0.5) is 5.69 Å². The molecule has 2 rings (SSSR count). The van der Waals surface area contributed by atoms with Gasteiger partial charge in [-0.1, -0.05) is 35.3 Å². The summed E-state index contributed by atoms with van der Waals surface area (Å²) in [5, 5.41) is 3.61. The highest BCUT2D eigenvalue weighted by Gasteiger charge is 2.16. The number of para-hydroxylation sites is 1. The van der Waals surface area contributed by atoms with Crippen LogP contribution in [0.15, 0.2) is 48.5 Å². The van der Waals surface area contributed by atoms with Crippen LogP contribution >= 0.6 is 23.2 Å². The van der Waals surface area contributed by atoms with Gasteiger partial charge in [-0.2, -0.15) is 0 Å². The maximum atomic E-state index is 12.1. The van der Waals surface area contributed by atoms with E-state index in [-0.39, 0.29) is 37.0 Å². The SMILES string of the molecule is CN(CC(=O)Nc1ccccc1Cl)C(=O)CCC(=O)c1ccc(Cl)cc1. The fourth-order valence-corrected chi connectivity index (χ4v) is 2.56. The molecular weight excluding hydrogens is 375 g/mol. The van der Waals surface area contributed by atoms with Gasteiger partial charge in [-0.15, -0.1) is 0 Å². The highest BCUT2D eigenvalue weighted by atomic mass is 35.5. The van der Waals surface area contributed by atoms with Crippen molar-refractivity contribution in [3.63, 3.8) is 0 Å². The molecule has 0 spiro atoms. The molecule has 0 aliphatic heterocycles. The maximum Gasteiger partial charge on any atom is 0.244 e. The van der Waals surface area contributed by atoms with E-state index in [1.54, 1.807) is 48.5 Å². The molecule has 0 aromatic heterocycles. The Morgan fingerprint density at radius 2 is 1.62 bits per heavy atom. The van der Waals surface area contributed by atoms with Crippen molar-refractivity contribution in [1.29, 1.82) is 0 Å². The molecule has 2 aromatic carbocycles. The van der Waals surface area contributed by atoms with Crippen LogP contribution in [0.5, 0.6) is 0 Å². The molecule has 0 fully saturated rings. The molecule has 0 saturated carbocycles. The topological polar surface area (TPSA) is 66.5 Å². The summed E-state index contributed by atoms with van der Waals surface area (Å²) in [5.41, 5.74) is 0.985. The van der Waals surface area contributed by atoms with E-state index in [0.717, 1.165) is 0 Å². The second-order valence-corrected chi connectivity index (χ2v) is 6.55. The molecule has 0 unspecified atom stereocenters. The lowest BCUT2D eigenvalue weighted by molar-refractivity contribution is -0.133. The van der Waals surface area contributed by atoms with Gasteiger partial charge in [0, 0.05) is 30.5 Å². The van der Waals surface area contributed by atoms with Crippen LogP contribution in [0.2, 0.25) is 10.0 Å². The van der Waals surface area contributed by atoms with Crippen LogP contribution < -0.4 is 5.32 Å². The van der Waals surface area contributed by atoms with Crippen molar-refractivity contribution >= 4 is 46.5 Å². The quantitative estimate of drug-likeness (QED) is 0.722. The van der Waals surface area contributed by atoms with Crippen LogP contribution in [0.1, 0.15) is 23.2 Å². The summed E-state index contributed by atoms with van der Waals surface area (Å²) >= 11 is 11.8. The number of anilines is 1. The number of carbonyl (C=O) groups excluding carboxylic acids is 3. The molecule has 0 aliphatic rings. The van der Waals surface area contributed by atoms with E-state index in [1.165, 1.54) is 11.9 Å². The summed E-state index contributed by atoms with van der Waals surface area (Å²) < 4.78 is 0. The predicted octanol–water partition coefficient (Wildman–Crippen LogP) is 4.05. The van der Waals surface area contributed by atoms with Crippen LogP contribution in [0.25, 0.3) is 0 Å². The van der Waals surface area contributed by atoms with Crippen molar-refractivity contribution in [2.45, 2.75) is 12.8 Å². The third kappa shape index (κ3) is 5.86. The van der Waals surface area contributed by atoms with Gasteiger partial charge in [-0.3, -0.25) is 14.4 Å². The summed E-state index contributed by atoms with van der Waals surface area (Å²) in [6, 6.07) is 13.3. The van der Waals surface area contributed by atoms with Crippen LogP contribution in [-0.4, -0.2) is 36.1 Å². The number of nitrogens with one attached hydrogen (secondary N) is 1. The van der Waals surface area contributed by atoms with Gasteiger partial charge in [-0.05, 0) is 36.4 Å². The smallest absolute Gasteiger partial charge is 0.244 e. The number of carbonyl (C=O) groups is 3. The zero-order valence-corrected chi connectivity index (χ0v) is 15.7. The second kappa shape index (κ2) is 9.36. The summed E-state index contributed by atoms with van der Waals surface area (Å²) in [4.78, 5) is 37.5. The predicted molar refractivity (Wildman–Crippen MR) is 103 cm³/mol. The number of hydrogen-bond donors (Lipinski definition) is 1. The lowest BCUT2D eigenvalue weighted by Crippen LogP contribution is -2.35. The molecule has 0 aliphatic carbocycles. The molecule has 2 amide bonds. The lowest BCUT2D eigenvalue weighted by atomic mass is 10.1. The summed E-state index contributed by atoms with van der Waals surface area (Å²) in [7, 11) is 1.52. The van der Waals surface area contributed by atoms with Gasteiger partial charge in [-0.25, -0.2) is 0 Å². The van der Waals surface area contributed by atoms with Crippen molar-refractivity contribution in [3.05, 3.63) is 64.1 Å². The molecule has 7 heteroatoms. The third-order valence-corrected chi connectivity index (χ3v) is 4.27. The average molecular weight is 393 g/mol. The van der Waals surface area contributed by atoms with Crippen LogP contribution in [0, 0.1) is 0 Å². The first kappa shape index (κ1) is 19.9. The van der Waals surface area contributed by atoms with Crippen LogP contribution in [-0.2, 0) is 9.59 Å². The molecule has 0 atom stereocenters. The Kier molecular flexibility index (Phi) is 7.18. The third-order valence-electron chi connectivity index (χ3n) is 3.69. The van der Waals surface area contributed by atoms with E-state index in [0.29, 0.717) is 21.3 Å². The molecule has 5 nitrogen and oxygen atoms in total. The van der Waals surface area contributed by atoms with Crippen molar-refractivity contribution in [2.24, 2.45) is 0 Å². The number of nitrogens with zero attached hydrogens (tertiary/aromatic N) is 1. The molecule has 1 N–H and O–H groups in total. The number of benzene rings is 2. The molecule has 0 radical (unpaired) electrons.